The van der Waals surface area contributed by atoms with Crippen LogP contribution in [0.4, 0.5) is 41.1 Å². The number of aromatic nitrogens is 6. The zero-order valence-corrected chi connectivity index (χ0v) is 38.8. The maximum atomic E-state index is 12.5. The molecule has 23 nitrogen and oxygen atoms in total. The molecular formula is C32H40ClN11Na2O12S2. The zero-order chi connectivity index (χ0) is 42.5. The summed E-state index contributed by atoms with van der Waals surface area (Å²) in [5, 5.41) is 62.2. The summed E-state index contributed by atoms with van der Waals surface area (Å²) in [6.07, 6.45) is 2.23. The van der Waals surface area contributed by atoms with E-state index in [1.165, 1.54) is 39.0 Å². The van der Waals surface area contributed by atoms with Crippen molar-refractivity contribution in [3.05, 3.63) is 52.8 Å². The molecule has 0 amide bonds. The number of halogens is 1. The quantitative estimate of drug-likeness (QED) is 0.0195. The summed E-state index contributed by atoms with van der Waals surface area (Å²) in [7, 11) is -10.4. The van der Waals surface area contributed by atoms with Crippen molar-refractivity contribution in [1.29, 1.82) is 0 Å². The summed E-state index contributed by atoms with van der Waals surface area (Å²) in [6, 6.07) is 7.09. The van der Waals surface area contributed by atoms with E-state index in [0.29, 0.717) is 0 Å². The van der Waals surface area contributed by atoms with Gasteiger partial charge in [-0.2, -0.15) is 29.9 Å². The van der Waals surface area contributed by atoms with Crippen LogP contribution < -0.4 is 84.4 Å². The van der Waals surface area contributed by atoms with Gasteiger partial charge >= 0.3 is 59.1 Å². The van der Waals surface area contributed by atoms with Crippen LogP contribution in [0.15, 0.2) is 46.2 Å². The van der Waals surface area contributed by atoms with Crippen molar-refractivity contribution in [1.82, 2.24) is 29.9 Å². The monoisotopic (exact) mass is 915 g/mol. The van der Waals surface area contributed by atoms with Gasteiger partial charge in [0, 0.05) is 50.6 Å². The van der Waals surface area contributed by atoms with Crippen molar-refractivity contribution in [2.45, 2.75) is 9.79 Å². The molecule has 0 radical (unpaired) electrons. The van der Waals surface area contributed by atoms with E-state index in [4.69, 9.17) is 11.6 Å². The van der Waals surface area contributed by atoms with Crippen LogP contribution in [0.5, 0.6) is 0 Å². The maximum Gasteiger partial charge on any atom is 1.00 e. The molecule has 0 atom stereocenters. The van der Waals surface area contributed by atoms with Gasteiger partial charge in [-0.1, -0.05) is 24.3 Å². The van der Waals surface area contributed by atoms with Gasteiger partial charge in [0.05, 0.1) is 49.4 Å². The Hall–Kier alpha value is -2.93. The van der Waals surface area contributed by atoms with Gasteiger partial charge in [0.15, 0.2) is 0 Å². The Morgan fingerprint density at radius 2 is 0.850 bits per heavy atom. The van der Waals surface area contributed by atoms with E-state index in [1.54, 1.807) is 0 Å². The average Bonchev–Trinajstić information content (AvgIpc) is 3.16. The molecule has 28 heteroatoms. The van der Waals surface area contributed by atoms with Crippen molar-refractivity contribution < 1.29 is 116 Å². The van der Waals surface area contributed by atoms with Gasteiger partial charge < -0.3 is 65.1 Å². The molecule has 2 heterocycles. The van der Waals surface area contributed by atoms with Gasteiger partial charge in [-0.25, -0.2) is 16.8 Å². The van der Waals surface area contributed by atoms with E-state index >= 15 is 0 Å². The van der Waals surface area contributed by atoms with Crippen molar-refractivity contribution in [3.8, 4) is 0 Å². The first-order valence-corrected chi connectivity index (χ1v) is 20.3. The minimum atomic E-state index is -5.20. The molecule has 0 saturated heterocycles. The number of anilines is 7. The second kappa shape index (κ2) is 25.2. The van der Waals surface area contributed by atoms with Crippen LogP contribution in [0.3, 0.4) is 0 Å². The Bertz CT molecular complexity index is 2220. The van der Waals surface area contributed by atoms with Gasteiger partial charge in [-0.15, -0.1) is 0 Å². The molecule has 8 N–H and O–H groups in total. The third-order valence-electron chi connectivity index (χ3n) is 7.80. The number of nitrogens with zero attached hydrogens (tertiary/aromatic N) is 9. The van der Waals surface area contributed by atoms with Crippen LogP contribution in [-0.4, -0.2) is 165 Å². The molecule has 0 saturated carbocycles. The van der Waals surface area contributed by atoms with E-state index in [1.807, 2.05) is 0 Å². The third kappa shape index (κ3) is 15.5. The fourth-order valence-electron chi connectivity index (χ4n) is 5.26. The molecule has 0 aliphatic heterocycles. The molecular weight excluding hydrogens is 876 g/mol. The van der Waals surface area contributed by atoms with E-state index in [0.717, 1.165) is 24.3 Å². The van der Waals surface area contributed by atoms with Crippen LogP contribution in [0.2, 0.25) is 5.28 Å². The van der Waals surface area contributed by atoms with Crippen LogP contribution in [0, 0.1) is 0 Å². The molecule has 0 aliphatic rings. The van der Waals surface area contributed by atoms with Gasteiger partial charge in [0.25, 0.3) is 0 Å². The normalized spacial score (nSPS) is 11.5. The van der Waals surface area contributed by atoms with E-state index in [-0.39, 0.29) is 196 Å². The molecule has 2 aromatic carbocycles. The number of aliphatic hydroxyl groups is 6. The van der Waals surface area contributed by atoms with E-state index in [9.17, 15) is 56.6 Å². The Balaban J connectivity index is 0.00000620. The minimum absolute atomic E-state index is 0. The van der Waals surface area contributed by atoms with Crippen molar-refractivity contribution >= 4 is 85.1 Å². The Morgan fingerprint density at radius 1 is 0.533 bits per heavy atom. The van der Waals surface area contributed by atoms with Crippen LogP contribution in [-0.2, 0) is 20.2 Å². The summed E-state index contributed by atoms with van der Waals surface area (Å²) in [5.41, 5.74) is -0.354. The smallest absolute Gasteiger partial charge is 0.744 e. The summed E-state index contributed by atoms with van der Waals surface area (Å²) in [4.78, 5) is 27.8. The first kappa shape index (κ1) is 53.2. The van der Waals surface area contributed by atoms with Crippen molar-refractivity contribution in [2.75, 3.05) is 104 Å². The maximum absolute atomic E-state index is 12.5. The summed E-state index contributed by atoms with van der Waals surface area (Å²) in [5.74, 6) is -0.412. The molecule has 4 aromatic rings. The molecule has 0 bridgehead atoms. The largest absolute Gasteiger partial charge is 1.00 e. The van der Waals surface area contributed by atoms with Crippen LogP contribution >= 0.6 is 11.6 Å². The SMILES string of the molecule is O=S(=O)([O-])c1cc(Nc2nc(Cl)nc(N(CCO)CCO)n2)ccc1/C=C/c1ccc(Nc2nc(N(CCO)CCO)nc(N(CCO)CCO)n2)cc1S(=O)(=O)[O-].[Na+].[Na+]. The Labute approximate surface area is 394 Å². The fraction of sp³-hybridized carbons (Fsp3) is 0.375. The number of benzene rings is 2. The van der Waals surface area contributed by atoms with Crippen molar-refractivity contribution in [2.24, 2.45) is 0 Å². The van der Waals surface area contributed by atoms with Gasteiger partial charge in [0.1, 0.15) is 20.2 Å². The molecule has 0 unspecified atom stereocenters. The van der Waals surface area contributed by atoms with Crippen LogP contribution in [0.1, 0.15) is 11.1 Å². The van der Waals surface area contributed by atoms with Gasteiger partial charge in [-0.3, -0.25) is 0 Å². The number of hydrogen-bond donors (Lipinski definition) is 8. The third-order valence-corrected chi connectivity index (χ3v) is 9.75. The Kier molecular flexibility index (Phi) is 22.4. The molecule has 0 spiro atoms. The molecule has 316 valence electrons. The second-order valence-electron chi connectivity index (χ2n) is 11.8. The van der Waals surface area contributed by atoms with Gasteiger partial charge in [0.2, 0.25) is 35.0 Å². The van der Waals surface area contributed by atoms with E-state index in [2.05, 4.69) is 40.5 Å². The number of aliphatic hydroxyl groups excluding tert-OH is 6. The number of nitrogens with one attached hydrogen (secondary N) is 2. The Morgan fingerprint density at radius 3 is 1.17 bits per heavy atom. The fourth-order valence-corrected chi connectivity index (χ4v) is 6.81. The molecule has 4 rings (SSSR count). The molecule has 0 aliphatic carbocycles. The van der Waals surface area contributed by atoms with Crippen LogP contribution in [0.25, 0.3) is 12.2 Å². The summed E-state index contributed by atoms with van der Waals surface area (Å²) >= 11 is 6.04. The average molecular weight is 916 g/mol. The second-order valence-corrected chi connectivity index (χ2v) is 14.8. The summed E-state index contributed by atoms with van der Waals surface area (Å²) in [6.45, 7) is -1.83. The van der Waals surface area contributed by atoms with Gasteiger partial charge in [-0.05, 0) is 47.0 Å². The molecule has 2 aromatic heterocycles. The predicted molar refractivity (Wildman–Crippen MR) is 208 cm³/mol. The number of rotatable bonds is 23. The topological polar surface area (TPSA) is 347 Å². The summed E-state index contributed by atoms with van der Waals surface area (Å²) < 4.78 is 74.6. The van der Waals surface area contributed by atoms with E-state index < -0.39 is 30.0 Å². The van der Waals surface area contributed by atoms with Crippen molar-refractivity contribution in [3.63, 3.8) is 0 Å². The first-order chi connectivity index (χ1) is 27.6. The standard InChI is InChI=1S/C32H42ClN11O12S2.2Na/c33-27-36-28(38-30(37-27)42(7-13-45)8-14-46)34-23-5-3-21(25(19-23)57(51,52)53)1-2-22-4-6-24(20-26(22)58(54,55)56)35-29-39-31(43(9-15-47)10-16-48)41-32(40-29)44(11-17-49)12-18-50;;/h1-6,19-20,45-50H,7-18H2,(H,51,52,53)(H,54,55,56)(H,34,36,37,38)(H,35,39,40,41);;/q;2*+1/p-2/b2-1+;;. The minimum Gasteiger partial charge on any atom is -0.744 e. The molecule has 60 heavy (non-hydrogen) atoms. The first-order valence-electron chi connectivity index (χ1n) is 17.1. The molecule has 0 fully saturated rings. The zero-order valence-electron chi connectivity index (χ0n) is 32.5. The predicted octanol–water partition coefficient (Wildman–Crippen LogP) is -7.44. The number of hydrogen-bond acceptors (Lipinski definition) is 23.